The van der Waals surface area contributed by atoms with Gasteiger partial charge in [0.1, 0.15) is 5.82 Å². The van der Waals surface area contributed by atoms with Crippen molar-refractivity contribution >= 4 is 0 Å². The smallest absolute Gasteiger partial charge is 0.125 e. The Kier molecular flexibility index (Phi) is 4.25. The molecule has 0 bridgehead atoms. The lowest BCUT2D eigenvalue weighted by Crippen LogP contribution is -2.20. The van der Waals surface area contributed by atoms with Gasteiger partial charge in [0, 0.05) is 25.9 Å². The predicted octanol–water partition coefficient (Wildman–Crippen LogP) is 1.30. The van der Waals surface area contributed by atoms with Crippen LogP contribution in [0.2, 0.25) is 0 Å². The lowest BCUT2D eigenvalue weighted by atomic mass is 10.4. The highest BCUT2D eigenvalue weighted by molar-refractivity contribution is 5.00. The molecule has 0 aliphatic heterocycles. The molecule has 0 amide bonds. The van der Waals surface area contributed by atoms with E-state index < -0.39 is 0 Å². The summed E-state index contributed by atoms with van der Waals surface area (Å²) in [7, 11) is 0. The van der Waals surface area contributed by atoms with Crippen molar-refractivity contribution in [2.75, 3.05) is 19.8 Å². The zero-order valence-electron chi connectivity index (χ0n) is 9.78. The quantitative estimate of drug-likeness (QED) is 0.705. The molecule has 16 heavy (non-hydrogen) atoms. The molecule has 1 fully saturated rings. The summed E-state index contributed by atoms with van der Waals surface area (Å²) in [5, 5.41) is 3.31. The molecule has 88 valence electrons. The van der Waals surface area contributed by atoms with E-state index in [0.717, 1.165) is 43.7 Å². The van der Waals surface area contributed by atoms with E-state index in [2.05, 4.69) is 15.3 Å². The molecule has 4 heteroatoms. The number of hydrogen-bond donors (Lipinski definition) is 1. The fraction of sp³-hybridized carbons (Fsp3) is 0.667. The number of aromatic nitrogens is 2. The Morgan fingerprint density at radius 2 is 2.38 bits per heavy atom. The highest BCUT2D eigenvalue weighted by Crippen LogP contribution is 2.28. The molecule has 1 saturated carbocycles. The van der Waals surface area contributed by atoms with Crippen LogP contribution >= 0.6 is 0 Å². The number of aryl methyl sites for hydroxylation is 1. The average molecular weight is 221 g/mol. The molecule has 2 rings (SSSR count). The molecule has 1 aliphatic rings. The molecular weight excluding hydrogens is 202 g/mol. The molecule has 0 unspecified atom stereocenters. The monoisotopic (exact) mass is 221 g/mol. The van der Waals surface area contributed by atoms with Crippen molar-refractivity contribution in [3.05, 3.63) is 23.8 Å². The highest BCUT2D eigenvalue weighted by Gasteiger charge is 2.20. The molecule has 0 saturated heterocycles. The highest BCUT2D eigenvalue weighted by atomic mass is 16.5. The third-order valence-electron chi connectivity index (χ3n) is 2.61. The topological polar surface area (TPSA) is 47.0 Å². The van der Waals surface area contributed by atoms with Crippen LogP contribution in [-0.2, 0) is 11.3 Å². The number of ether oxygens (including phenoxy) is 1. The second-order valence-corrected chi connectivity index (χ2v) is 4.29. The largest absolute Gasteiger partial charge is 0.380 e. The zero-order chi connectivity index (χ0) is 11.2. The summed E-state index contributed by atoms with van der Waals surface area (Å²) in [5.41, 5.74) is 1.04. The minimum absolute atomic E-state index is 0.788. The van der Waals surface area contributed by atoms with Gasteiger partial charge in [0.05, 0.1) is 12.3 Å². The maximum Gasteiger partial charge on any atom is 0.125 e. The van der Waals surface area contributed by atoms with Crippen molar-refractivity contribution in [2.45, 2.75) is 26.3 Å². The van der Waals surface area contributed by atoms with Gasteiger partial charge in [-0.25, -0.2) is 9.97 Å². The van der Waals surface area contributed by atoms with Crippen LogP contribution in [0.15, 0.2) is 12.3 Å². The number of hydrogen-bond acceptors (Lipinski definition) is 4. The minimum Gasteiger partial charge on any atom is -0.380 e. The molecule has 4 nitrogen and oxygen atoms in total. The fourth-order valence-corrected chi connectivity index (χ4v) is 1.50. The lowest BCUT2D eigenvalue weighted by Gasteiger charge is -2.05. The van der Waals surface area contributed by atoms with Gasteiger partial charge in [-0.05, 0) is 31.7 Å². The average Bonchev–Trinajstić information content (AvgIpc) is 3.07. The number of nitrogens with zero attached hydrogens (tertiary/aromatic N) is 2. The van der Waals surface area contributed by atoms with Gasteiger partial charge in [-0.1, -0.05) is 0 Å². The summed E-state index contributed by atoms with van der Waals surface area (Å²) < 4.78 is 5.52. The van der Waals surface area contributed by atoms with Crippen LogP contribution in [0.25, 0.3) is 0 Å². The van der Waals surface area contributed by atoms with Crippen LogP contribution in [0.4, 0.5) is 0 Å². The number of rotatable bonds is 7. The summed E-state index contributed by atoms with van der Waals surface area (Å²) in [6, 6.07) is 1.94. The van der Waals surface area contributed by atoms with E-state index in [1.807, 2.05) is 13.0 Å². The Bertz CT molecular complexity index is 326. The molecule has 1 aliphatic carbocycles. The van der Waals surface area contributed by atoms with Crippen LogP contribution < -0.4 is 5.32 Å². The van der Waals surface area contributed by atoms with Crippen LogP contribution in [-0.4, -0.2) is 29.7 Å². The first-order valence-corrected chi connectivity index (χ1v) is 5.91. The van der Waals surface area contributed by atoms with Gasteiger partial charge in [0.2, 0.25) is 0 Å². The van der Waals surface area contributed by atoms with Gasteiger partial charge < -0.3 is 10.1 Å². The van der Waals surface area contributed by atoms with E-state index in [1.165, 1.54) is 12.8 Å². The van der Waals surface area contributed by atoms with Crippen molar-refractivity contribution in [3.8, 4) is 0 Å². The molecular formula is C12H19N3O. The van der Waals surface area contributed by atoms with Crippen molar-refractivity contribution in [1.82, 2.24) is 15.3 Å². The first-order chi connectivity index (χ1) is 7.84. The third-order valence-corrected chi connectivity index (χ3v) is 2.61. The standard InChI is InChI=1S/C12H19N3O/c1-10-14-5-4-12(15-10)8-13-6-7-16-9-11-2-3-11/h4-5,11,13H,2-3,6-9H2,1H3. The molecule has 1 aromatic heterocycles. The van der Waals surface area contributed by atoms with Gasteiger partial charge in [0.15, 0.2) is 0 Å². The van der Waals surface area contributed by atoms with Crippen LogP contribution in [0.3, 0.4) is 0 Å². The number of nitrogens with one attached hydrogen (secondary N) is 1. The van der Waals surface area contributed by atoms with E-state index in [-0.39, 0.29) is 0 Å². The van der Waals surface area contributed by atoms with E-state index in [0.29, 0.717) is 0 Å². The summed E-state index contributed by atoms with van der Waals surface area (Å²) in [5.74, 6) is 1.67. The maximum atomic E-state index is 5.52. The van der Waals surface area contributed by atoms with Crippen molar-refractivity contribution in [1.29, 1.82) is 0 Å². The minimum atomic E-state index is 0.788. The molecule has 0 atom stereocenters. The Balaban J connectivity index is 1.53. The normalized spacial score (nSPS) is 15.3. The van der Waals surface area contributed by atoms with Gasteiger partial charge in [0.25, 0.3) is 0 Å². The Labute approximate surface area is 96.4 Å². The third kappa shape index (κ3) is 4.24. The molecule has 1 heterocycles. The molecule has 0 spiro atoms. The van der Waals surface area contributed by atoms with Gasteiger partial charge in [-0.15, -0.1) is 0 Å². The Morgan fingerprint density at radius 1 is 1.50 bits per heavy atom. The zero-order valence-corrected chi connectivity index (χ0v) is 9.78. The van der Waals surface area contributed by atoms with Crippen LogP contribution in [0, 0.1) is 12.8 Å². The van der Waals surface area contributed by atoms with Crippen molar-refractivity contribution in [3.63, 3.8) is 0 Å². The molecule has 0 radical (unpaired) electrons. The van der Waals surface area contributed by atoms with E-state index in [9.17, 15) is 0 Å². The lowest BCUT2D eigenvalue weighted by molar-refractivity contribution is 0.126. The Hall–Kier alpha value is -1.00. The molecule has 1 N–H and O–H groups in total. The van der Waals surface area contributed by atoms with Gasteiger partial charge in [-0.3, -0.25) is 0 Å². The molecule has 1 aromatic rings. The summed E-state index contributed by atoms with van der Waals surface area (Å²) in [4.78, 5) is 8.38. The van der Waals surface area contributed by atoms with Gasteiger partial charge >= 0.3 is 0 Å². The van der Waals surface area contributed by atoms with Crippen LogP contribution in [0.1, 0.15) is 24.4 Å². The van der Waals surface area contributed by atoms with E-state index >= 15 is 0 Å². The first kappa shape index (κ1) is 11.5. The predicted molar refractivity (Wildman–Crippen MR) is 62.0 cm³/mol. The van der Waals surface area contributed by atoms with Gasteiger partial charge in [-0.2, -0.15) is 0 Å². The first-order valence-electron chi connectivity index (χ1n) is 5.91. The Morgan fingerprint density at radius 3 is 3.12 bits per heavy atom. The molecule has 0 aromatic carbocycles. The van der Waals surface area contributed by atoms with Crippen molar-refractivity contribution in [2.24, 2.45) is 5.92 Å². The van der Waals surface area contributed by atoms with Crippen molar-refractivity contribution < 1.29 is 4.74 Å². The SMILES string of the molecule is Cc1nccc(CNCCOCC2CC2)n1. The summed E-state index contributed by atoms with van der Waals surface area (Å²) in [6.07, 6.45) is 4.50. The summed E-state index contributed by atoms with van der Waals surface area (Å²) in [6.45, 7) is 5.31. The summed E-state index contributed by atoms with van der Waals surface area (Å²) >= 11 is 0. The maximum absolute atomic E-state index is 5.52. The fourth-order valence-electron chi connectivity index (χ4n) is 1.50. The van der Waals surface area contributed by atoms with E-state index in [1.54, 1.807) is 6.20 Å². The second kappa shape index (κ2) is 5.92. The second-order valence-electron chi connectivity index (χ2n) is 4.29. The van der Waals surface area contributed by atoms with Crippen LogP contribution in [0.5, 0.6) is 0 Å². The van der Waals surface area contributed by atoms with E-state index in [4.69, 9.17) is 4.74 Å².